The molecule has 1 aliphatic rings. The van der Waals surface area contributed by atoms with Crippen molar-refractivity contribution in [2.45, 2.75) is 59.2 Å². The molecule has 1 unspecified atom stereocenters. The lowest BCUT2D eigenvalue weighted by atomic mass is 9.91. The van der Waals surface area contributed by atoms with Gasteiger partial charge < -0.3 is 9.64 Å². The molecular weight excluding hydrogens is 350 g/mol. The number of amides is 1. The SMILES string of the molecule is Cc1ncc(COCc2ccccc2)c(C2CCCN(C(=O)CC(C)C)C2)n1. The summed E-state index contributed by atoms with van der Waals surface area (Å²) in [6, 6.07) is 10.2. The Balaban J connectivity index is 1.68. The zero-order valence-electron chi connectivity index (χ0n) is 17.2. The van der Waals surface area contributed by atoms with E-state index >= 15 is 0 Å². The highest BCUT2D eigenvalue weighted by atomic mass is 16.5. The van der Waals surface area contributed by atoms with Gasteiger partial charge in [-0.25, -0.2) is 9.97 Å². The summed E-state index contributed by atoms with van der Waals surface area (Å²) in [6.45, 7) is 8.76. The van der Waals surface area contributed by atoms with Crippen molar-refractivity contribution >= 4 is 5.91 Å². The highest BCUT2D eigenvalue weighted by Gasteiger charge is 2.27. The van der Waals surface area contributed by atoms with Crippen LogP contribution in [0.1, 0.15) is 61.7 Å². The molecule has 2 aromatic rings. The number of carbonyl (C=O) groups excluding carboxylic acids is 1. The lowest BCUT2D eigenvalue weighted by Gasteiger charge is -2.33. The van der Waals surface area contributed by atoms with Gasteiger partial charge in [0, 0.05) is 37.2 Å². The van der Waals surface area contributed by atoms with Crippen molar-refractivity contribution in [3.63, 3.8) is 0 Å². The molecule has 150 valence electrons. The molecule has 0 spiro atoms. The van der Waals surface area contributed by atoms with Crippen LogP contribution in [0.5, 0.6) is 0 Å². The molecule has 0 bridgehead atoms. The summed E-state index contributed by atoms with van der Waals surface area (Å²) in [5.41, 5.74) is 3.23. The van der Waals surface area contributed by atoms with Gasteiger partial charge >= 0.3 is 0 Å². The number of carbonyl (C=O) groups is 1. The van der Waals surface area contributed by atoms with E-state index in [1.165, 1.54) is 0 Å². The van der Waals surface area contributed by atoms with E-state index in [-0.39, 0.29) is 11.8 Å². The maximum atomic E-state index is 12.5. The molecule has 28 heavy (non-hydrogen) atoms. The Morgan fingerprint density at radius 2 is 2.04 bits per heavy atom. The Kier molecular flexibility index (Phi) is 7.15. The van der Waals surface area contributed by atoms with E-state index in [9.17, 15) is 4.79 Å². The number of hydrogen-bond acceptors (Lipinski definition) is 4. The van der Waals surface area contributed by atoms with E-state index in [4.69, 9.17) is 9.72 Å². The quantitative estimate of drug-likeness (QED) is 0.719. The van der Waals surface area contributed by atoms with Crippen LogP contribution in [0, 0.1) is 12.8 Å². The minimum absolute atomic E-state index is 0.252. The average molecular weight is 382 g/mol. The number of benzene rings is 1. The number of aromatic nitrogens is 2. The van der Waals surface area contributed by atoms with E-state index in [1.807, 2.05) is 36.2 Å². The highest BCUT2D eigenvalue weighted by molar-refractivity contribution is 5.76. The van der Waals surface area contributed by atoms with E-state index in [0.29, 0.717) is 25.6 Å². The maximum absolute atomic E-state index is 12.5. The Bertz CT molecular complexity index is 777. The molecule has 0 N–H and O–H groups in total. The Hall–Kier alpha value is -2.27. The predicted molar refractivity (Wildman–Crippen MR) is 110 cm³/mol. The van der Waals surface area contributed by atoms with Gasteiger partial charge in [0.15, 0.2) is 0 Å². The second-order valence-corrected chi connectivity index (χ2v) is 8.08. The topological polar surface area (TPSA) is 55.3 Å². The molecule has 0 aliphatic carbocycles. The lowest BCUT2D eigenvalue weighted by Crippen LogP contribution is -2.40. The standard InChI is InChI=1S/C23H31N3O2/c1-17(2)12-22(27)26-11-7-10-20(14-26)23-21(13-24-18(3)25-23)16-28-15-19-8-5-4-6-9-19/h4-6,8-9,13,17,20H,7,10-12,14-16H2,1-3H3. The zero-order chi connectivity index (χ0) is 19.9. The zero-order valence-corrected chi connectivity index (χ0v) is 17.2. The van der Waals surface area contributed by atoms with Crippen molar-refractivity contribution < 1.29 is 9.53 Å². The second-order valence-electron chi connectivity index (χ2n) is 8.08. The molecule has 1 aromatic carbocycles. The van der Waals surface area contributed by atoms with Crippen LogP contribution >= 0.6 is 0 Å². The summed E-state index contributed by atoms with van der Waals surface area (Å²) >= 11 is 0. The third-order valence-electron chi connectivity index (χ3n) is 5.13. The summed E-state index contributed by atoms with van der Waals surface area (Å²) < 4.78 is 5.94. The van der Waals surface area contributed by atoms with Gasteiger partial charge in [0.2, 0.25) is 5.91 Å². The molecule has 1 saturated heterocycles. The van der Waals surface area contributed by atoms with E-state index < -0.39 is 0 Å². The first-order chi connectivity index (χ1) is 13.5. The van der Waals surface area contributed by atoms with E-state index in [0.717, 1.165) is 48.6 Å². The number of hydrogen-bond donors (Lipinski definition) is 0. The van der Waals surface area contributed by atoms with Gasteiger partial charge in [-0.15, -0.1) is 0 Å². The Labute approximate surface area is 168 Å². The first-order valence-electron chi connectivity index (χ1n) is 10.2. The van der Waals surface area contributed by atoms with Gasteiger partial charge in [-0.3, -0.25) is 4.79 Å². The van der Waals surface area contributed by atoms with Gasteiger partial charge in [0.25, 0.3) is 0 Å². The average Bonchev–Trinajstić information content (AvgIpc) is 2.69. The van der Waals surface area contributed by atoms with Crippen molar-refractivity contribution in [3.8, 4) is 0 Å². The molecule has 1 atom stereocenters. The van der Waals surface area contributed by atoms with Crippen LogP contribution in [0.3, 0.4) is 0 Å². The van der Waals surface area contributed by atoms with Crippen molar-refractivity contribution in [2.24, 2.45) is 5.92 Å². The molecule has 2 heterocycles. The fourth-order valence-electron chi connectivity index (χ4n) is 3.74. The second kappa shape index (κ2) is 9.78. The largest absolute Gasteiger partial charge is 0.372 e. The normalized spacial score (nSPS) is 17.1. The molecule has 3 rings (SSSR count). The van der Waals surface area contributed by atoms with Gasteiger partial charge in [0.05, 0.1) is 18.9 Å². The molecular formula is C23H31N3O2. The number of aryl methyl sites for hydroxylation is 1. The smallest absolute Gasteiger partial charge is 0.222 e. The highest BCUT2D eigenvalue weighted by Crippen LogP contribution is 2.29. The Morgan fingerprint density at radius 3 is 2.79 bits per heavy atom. The number of likely N-dealkylation sites (tertiary alicyclic amines) is 1. The van der Waals surface area contributed by atoms with Gasteiger partial charge in [-0.1, -0.05) is 44.2 Å². The summed E-state index contributed by atoms with van der Waals surface area (Å²) in [5.74, 6) is 1.66. The third-order valence-corrected chi connectivity index (χ3v) is 5.13. The fourth-order valence-corrected chi connectivity index (χ4v) is 3.74. The molecule has 1 fully saturated rings. The maximum Gasteiger partial charge on any atom is 0.222 e. The van der Waals surface area contributed by atoms with Crippen molar-refractivity contribution in [2.75, 3.05) is 13.1 Å². The summed E-state index contributed by atoms with van der Waals surface area (Å²) in [6.07, 6.45) is 4.57. The van der Waals surface area contributed by atoms with Crippen LogP contribution < -0.4 is 0 Å². The van der Waals surface area contributed by atoms with Crippen LogP contribution in [0.15, 0.2) is 36.5 Å². The van der Waals surface area contributed by atoms with E-state index in [2.05, 4.69) is 31.0 Å². The van der Waals surface area contributed by atoms with Crippen LogP contribution in [-0.2, 0) is 22.7 Å². The molecule has 1 aromatic heterocycles. The molecule has 5 heteroatoms. The van der Waals surface area contributed by atoms with Crippen molar-refractivity contribution in [3.05, 3.63) is 59.2 Å². The number of ether oxygens (including phenoxy) is 1. The van der Waals surface area contributed by atoms with Gasteiger partial charge in [-0.05, 0) is 31.2 Å². The summed E-state index contributed by atoms with van der Waals surface area (Å²) in [4.78, 5) is 23.7. The summed E-state index contributed by atoms with van der Waals surface area (Å²) in [5, 5.41) is 0. The molecule has 0 saturated carbocycles. The number of piperidine rings is 1. The van der Waals surface area contributed by atoms with Crippen LogP contribution in [0.25, 0.3) is 0 Å². The molecule has 5 nitrogen and oxygen atoms in total. The molecule has 1 aliphatic heterocycles. The lowest BCUT2D eigenvalue weighted by molar-refractivity contribution is -0.133. The van der Waals surface area contributed by atoms with Gasteiger partial charge in [-0.2, -0.15) is 0 Å². The minimum atomic E-state index is 0.252. The fraction of sp³-hybridized carbons (Fsp3) is 0.522. The van der Waals surface area contributed by atoms with E-state index in [1.54, 1.807) is 0 Å². The minimum Gasteiger partial charge on any atom is -0.372 e. The molecule has 0 radical (unpaired) electrons. The first kappa shape index (κ1) is 20.5. The monoisotopic (exact) mass is 381 g/mol. The summed E-state index contributed by atoms with van der Waals surface area (Å²) in [7, 11) is 0. The van der Waals surface area contributed by atoms with Crippen LogP contribution in [0.4, 0.5) is 0 Å². The predicted octanol–water partition coefficient (Wildman–Crippen LogP) is 4.25. The third kappa shape index (κ3) is 5.61. The van der Waals surface area contributed by atoms with Crippen molar-refractivity contribution in [1.82, 2.24) is 14.9 Å². The number of nitrogens with zero attached hydrogens (tertiary/aromatic N) is 3. The van der Waals surface area contributed by atoms with Crippen LogP contribution in [-0.4, -0.2) is 33.9 Å². The number of rotatable bonds is 7. The molecule has 1 amide bonds. The van der Waals surface area contributed by atoms with Crippen LogP contribution in [0.2, 0.25) is 0 Å². The van der Waals surface area contributed by atoms with Crippen molar-refractivity contribution in [1.29, 1.82) is 0 Å². The Morgan fingerprint density at radius 1 is 1.25 bits per heavy atom. The van der Waals surface area contributed by atoms with Gasteiger partial charge in [0.1, 0.15) is 5.82 Å². The first-order valence-corrected chi connectivity index (χ1v) is 10.2.